The van der Waals surface area contributed by atoms with Crippen molar-refractivity contribution < 1.29 is 14.3 Å². The van der Waals surface area contributed by atoms with Crippen LogP contribution in [-0.2, 0) is 9.53 Å². The van der Waals surface area contributed by atoms with Gasteiger partial charge < -0.3 is 9.47 Å². The zero-order chi connectivity index (χ0) is 11.3. The van der Waals surface area contributed by atoms with Crippen LogP contribution in [0.3, 0.4) is 0 Å². The molecule has 0 saturated carbocycles. The molecule has 0 aliphatic carbocycles. The first-order valence-electron chi connectivity index (χ1n) is 4.93. The highest BCUT2D eigenvalue weighted by Crippen LogP contribution is 2.18. The lowest BCUT2D eigenvalue weighted by Gasteiger charge is -2.07. The van der Waals surface area contributed by atoms with Crippen molar-refractivity contribution in [2.75, 3.05) is 13.7 Å². The van der Waals surface area contributed by atoms with Gasteiger partial charge in [-0.2, -0.15) is 0 Å². The Balaban J connectivity index is 2.53. The number of benzene rings is 1. The molecule has 0 N–H and O–H groups in total. The number of carbonyl (C=O) groups is 1. The van der Waals surface area contributed by atoms with Gasteiger partial charge in [-0.05, 0) is 23.6 Å². The zero-order valence-corrected chi connectivity index (χ0v) is 9.32. The molecule has 1 aromatic rings. The van der Waals surface area contributed by atoms with E-state index in [0.29, 0.717) is 11.7 Å². The number of carbonyl (C=O) groups excluding carboxylic acids is 1. The summed E-state index contributed by atoms with van der Waals surface area (Å²) in [5, 5.41) is 0. The van der Waals surface area contributed by atoms with Gasteiger partial charge in [0, 0.05) is 0 Å². The van der Waals surface area contributed by atoms with Crippen molar-refractivity contribution in [2.45, 2.75) is 19.8 Å². The Morgan fingerprint density at radius 3 is 2.33 bits per heavy atom. The summed E-state index contributed by atoms with van der Waals surface area (Å²) in [6.45, 7) is 4.21. The third-order valence-electron chi connectivity index (χ3n) is 2.13. The van der Waals surface area contributed by atoms with Crippen LogP contribution in [0.1, 0.15) is 25.3 Å². The van der Waals surface area contributed by atoms with Crippen molar-refractivity contribution in [3.05, 3.63) is 29.8 Å². The van der Waals surface area contributed by atoms with Crippen LogP contribution in [0.15, 0.2) is 24.3 Å². The summed E-state index contributed by atoms with van der Waals surface area (Å²) in [7, 11) is 1.34. The minimum absolute atomic E-state index is 0.0441. The van der Waals surface area contributed by atoms with E-state index in [1.54, 1.807) is 0 Å². The standard InChI is InChI=1S/C12H16O3/c1-9(2)10-4-6-11(7-5-10)15-8-12(13)14-3/h4-7,9H,8H2,1-3H3. The van der Waals surface area contributed by atoms with Gasteiger partial charge in [-0.3, -0.25) is 0 Å². The van der Waals surface area contributed by atoms with Gasteiger partial charge in [-0.1, -0.05) is 26.0 Å². The number of ether oxygens (including phenoxy) is 2. The molecule has 15 heavy (non-hydrogen) atoms. The minimum atomic E-state index is -0.372. The van der Waals surface area contributed by atoms with Crippen molar-refractivity contribution in [3.63, 3.8) is 0 Å². The van der Waals surface area contributed by atoms with Crippen LogP contribution in [0.2, 0.25) is 0 Å². The molecule has 0 fully saturated rings. The van der Waals surface area contributed by atoms with E-state index in [2.05, 4.69) is 18.6 Å². The summed E-state index contributed by atoms with van der Waals surface area (Å²) in [5.41, 5.74) is 1.25. The highest BCUT2D eigenvalue weighted by atomic mass is 16.6. The van der Waals surface area contributed by atoms with E-state index in [4.69, 9.17) is 4.74 Å². The summed E-state index contributed by atoms with van der Waals surface area (Å²) in [5.74, 6) is 0.812. The van der Waals surface area contributed by atoms with Crippen LogP contribution in [0, 0.1) is 0 Å². The molecule has 1 aromatic carbocycles. The molecule has 82 valence electrons. The number of methoxy groups -OCH3 is 1. The number of rotatable bonds is 4. The Hall–Kier alpha value is -1.51. The molecular weight excluding hydrogens is 192 g/mol. The molecule has 0 unspecified atom stereocenters. The van der Waals surface area contributed by atoms with Crippen molar-refractivity contribution in [1.82, 2.24) is 0 Å². The molecule has 0 aliphatic rings. The zero-order valence-electron chi connectivity index (χ0n) is 9.32. The lowest BCUT2D eigenvalue weighted by Crippen LogP contribution is -2.12. The van der Waals surface area contributed by atoms with E-state index < -0.39 is 0 Å². The van der Waals surface area contributed by atoms with Gasteiger partial charge in [0.25, 0.3) is 0 Å². The van der Waals surface area contributed by atoms with E-state index in [1.807, 2.05) is 24.3 Å². The fourth-order valence-corrected chi connectivity index (χ4v) is 1.15. The summed E-state index contributed by atoms with van der Waals surface area (Å²) < 4.78 is 9.69. The SMILES string of the molecule is COC(=O)COc1ccc(C(C)C)cc1. The smallest absolute Gasteiger partial charge is 0.343 e. The molecule has 3 heteroatoms. The molecule has 0 saturated heterocycles. The van der Waals surface area contributed by atoms with Crippen molar-refractivity contribution in [3.8, 4) is 5.75 Å². The fraction of sp³-hybridized carbons (Fsp3) is 0.417. The predicted octanol–water partition coefficient (Wildman–Crippen LogP) is 2.36. The van der Waals surface area contributed by atoms with Gasteiger partial charge in [0.15, 0.2) is 6.61 Å². The van der Waals surface area contributed by atoms with Gasteiger partial charge in [0.05, 0.1) is 7.11 Å². The maximum Gasteiger partial charge on any atom is 0.343 e. The second kappa shape index (κ2) is 5.39. The van der Waals surface area contributed by atoms with Gasteiger partial charge in [0.2, 0.25) is 0 Å². The molecule has 1 rings (SSSR count). The third-order valence-corrected chi connectivity index (χ3v) is 2.13. The van der Waals surface area contributed by atoms with Crippen LogP contribution in [0.25, 0.3) is 0 Å². The average Bonchev–Trinajstić information content (AvgIpc) is 2.26. The number of hydrogen-bond acceptors (Lipinski definition) is 3. The summed E-state index contributed by atoms with van der Waals surface area (Å²) in [4.78, 5) is 10.8. The van der Waals surface area contributed by atoms with Crippen molar-refractivity contribution in [2.24, 2.45) is 0 Å². The third kappa shape index (κ3) is 3.62. The van der Waals surface area contributed by atoms with E-state index in [9.17, 15) is 4.79 Å². The van der Waals surface area contributed by atoms with Gasteiger partial charge in [-0.25, -0.2) is 4.79 Å². The maximum atomic E-state index is 10.8. The fourth-order valence-electron chi connectivity index (χ4n) is 1.15. The lowest BCUT2D eigenvalue weighted by molar-refractivity contribution is -0.142. The first-order valence-corrected chi connectivity index (χ1v) is 4.93. The Labute approximate surface area is 90.0 Å². The molecule has 0 heterocycles. The van der Waals surface area contributed by atoms with Crippen molar-refractivity contribution >= 4 is 5.97 Å². The Morgan fingerprint density at radius 1 is 1.27 bits per heavy atom. The molecule has 0 spiro atoms. The van der Waals surface area contributed by atoms with E-state index in [0.717, 1.165) is 0 Å². The Kier molecular flexibility index (Phi) is 4.16. The van der Waals surface area contributed by atoms with Crippen LogP contribution in [0.5, 0.6) is 5.75 Å². The first-order chi connectivity index (χ1) is 7.13. The molecule has 3 nitrogen and oxygen atoms in total. The second-order valence-corrected chi connectivity index (χ2v) is 3.59. The number of esters is 1. The topological polar surface area (TPSA) is 35.5 Å². The maximum absolute atomic E-state index is 10.8. The minimum Gasteiger partial charge on any atom is -0.482 e. The molecule has 0 amide bonds. The summed E-state index contributed by atoms with van der Waals surface area (Å²) in [6.07, 6.45) is 0. The Bertz CT molecular complexity index is 314. The van der Waals surface area contributed by atoms with Crippen molar-refractivity contribution in [1.29, 1.82) is 0 Å². The van der Waals surface area contributed by atoms with Crippen LogP contribution in [-0.4, -0.2) is 19.7 Å². The largest absolute Gasteiger partial charge is 0.482 e. The molecule has 0 aliphatic heterocycles. The molecule has 0 aromatic heterocycles. The van der Waals surface area contributed by atoms with Crippen LogP contribution in [0.4, 0.5) is 0 Å². The number of hydrogen-bond donors (Lipinski definition) is 0. The summed E-state index contributed by atoms with van der Waals surface area (Å²) in [6, 6.07) is 7.71. The molecule has 0 radical (unpaired) electrons. The average molecular weight is 208 g/mol. The van der Waals surface area contributed by atoms with Gasteiger partial charge in [0.1, 0.15) is 5.75 Å². The van der Waals surface area contributed by atoms with Crippen LogP contribution < -0.4 is 4.74 Å². The molecule has 0 atom stereocenters. The highest BCUT2D eigenvalue weighted by molar-refractivity contribution is 5.70. The van der Waals surface area contributed by atoms with E-state index in [1.165, 1.54) is 12.7 Å². The molecular formula is C12H16O3. The van der Waals surface area contributed by atoms with E-state index >= 15 is 0 Å². The predicted molar refractivity (Wildman–Crippen MR) is 58.0 cm³/mol. The Morgan fingerprint density at radius 2 is 1.87 bits per heavy atom. The molecule has 0 bridgehead atoms. The van der Waals surface area contributed by atoms with E-state index in [-0.39, 0.29) is 12.6 Å². The van der Waals surface area contributed by atoms with Crippen LogP contribution >= 0.6 is 0 Å². The quantitative estimate of drug-likeness (QED) is 0.712. The summed E-state index contributed by atoms with van der Waals surface area (Å²) >= 11 is 0. The first kappa shape index (κ1) is 11.6. The lowest BCUT2D eigenvalue weighted by atomic mass is 10.0. The highest BCUT2D eigenvalue weighted by Gasteiger charge is 2.02. The van der Waals surface area contributed by atoms with Gasteiger partial charge in [-0.15, -0.1) is 0 Å². The van der Waals surface area contributed by atoms with Gasteiger partial charge >= 0.3 is 5.97 Å². The normalized spacial score (nSPS) is 10.1. The second-order valence-electron chi connectivity index (χ2n) is 3.59. The monoisotopic (exact) mass is 208 g/mol.